The summed E-state index contributed by atoms with van der Waals surface area (Å²) >= 11 is 3.18. The quantitative estimate of drug-likeness (QED) is 0.560. The van der Waals surface area contributed by atoms with E-state index in [1.165, 1.54) is 12.1 Å². The number of nitrogens with one attached hydrogen (secondary N) is 1. The Balaban J connectivity index is 1.45. The first kappa shape index (κ1) is 19.2. The lowest BCUT2D eigenvalue weighted by atomic mass is 10.2. The van der Waals surface area contributed by atoms with E-state index in [1.54, 1.807) is 23.0 Å². The number of nitrogens with zero attached hydrogens (tertiary/aromatic N) is 2. The van der Waals surface area contributed by atoms with Crippen LogP contribution < -0.4 is 10.9 Å². The molecule has 0 saturated heterocycles. The molecule has 3 aromatic rings. The first-order valence-corrected chi connectivity index (χ1v) is 9.53. The molecule has 1 amide bonds. The van der Waals surface area contributed by atoms with Crippen LogP contribution in [-0.4, -0.2) is 15.5 Å². The minimum Gasteiger partial charge on any atom is -0.324 e. The smallest absolute Gasteiger partial charge is 0.261 e. The number of aryl methyl sites for hydroxylation is 1. The standard InChI is InChI=1S/C20H19BrFN3O2/c21-14-9-10-18(16(22)12-14)24-19(26)8-2-1-5-11-25-13-23-17-7-4-3-6-15(17)20(25)27/h3-4,6-7,9-10,12-13H,1-2,5,8,11H2,(H,24,26). The molecule has 3 rings (SSSR count). The molecule has 0 aliphatic carbocycles. The van der Waals surface area contributed by atoms with Gasteiger partial charge in [-0.05, 0) is 43.2 Å². The average molecular weight is 432 g/mol. The maximum atomic E-state index is 13.7. The molecule has 2 aromatic carbocycles. The summed E-state index contributed by atoms with van der Waals surface area (Å²) in [4.78, 5) is 28.6. The van der Waals surface area contributed by atoms with Gasteiger partial charge in [-0.2, -0.15) is 0 Å². The maximum absolute atomic E-state index is 13.7. The van der Waals surface area contributed by atoms with Crippen LogP contribution in [0.1, 0.15) is 25.7 Å². The topological polar surface area (TPSA) is 64.0 Å². The van der Waals surface area contributed by atoms with Gasteiger partial charge in [-0.25, -0.2) is 9.37 Å². The zero-order valence-corrected chi connectivity index (χ0v) is 16.2. The second kappa shape index (κ2) is 8.90. The average Bonchev–Trinajstić information content (AvgIpc) is 2.65. The predicted octanol–water partition coefficient (Wildman–Crippen LogP) is 4.50. The number of carbonyl (C=O) groups is 1. The SMILES string of the molecule is O=C(CCCCCn1cnc2ccccc2c1=O)Nc1ccc(Br)cc1F. The van der Waals surface area contributed by atoms with Crippen molar-refractivity contribution in [2.45, 2.75) is 32.2 Å². The minimum absolute atomic E-state index is 0.0518. The fourth-order valence-electron chi connectivity index (χ4n) is 2.81. The van der Waals surface area contributed by atoms with Gasteiger partial charge in [-0.15, -0.1) is 0 Å². The molecule has 140 valence electrons. The van der Waals surface area contributed by atoms with E-state index in [0.29, 0.717) is 34.8 Å². The maximum Gasteiger partial charge on any atom is 0.261 e. The first-order chi connectivity index (χ1) is 13.0. The fraction of sp³-hybridized carbons (Fsp3) is 0.250. The molecule has 0 radical (unpaired) electrons. The first-order valence-electron chi connectivity index (χ1n) is 8.73. The van der Waals surface area contributed by atoms with Crippen LogP contribution in [0.2, 0.25) is 0 Å². The molecule has 0 unspecified atom stereocenters. The number of benzene rings is 2. The summed E-state index contributed by atoms with van der Waals surface area (Å²) in [6, 6.07) is 11.8. The highest BCUT2D eigenvalue weighted by Gasteiger charge is 2.08. The number of halogens is 2. The molecular formula is C20H19BrFN3O2. The van der Waals surface area contributed by atoms with E-state index in [9.17, 15) is 14.0 Å². The Bertz CT molecular complexity index is 1020. The summed E-state index contributed by atoms with van der Waals surface area (Å²) in [6.07, 6.45) is 4.09. The van der Waals surface area contributed by atoms with Crippen LogP contribution in [-0.2, 0) is 11.3 Å². The third kappa shape index (κ3) is 5.01. The van der Waals surface area contributed by atoms with Crippen molar-refractivity contribution in [3.63, 3.8) is 0 Å². The van der Waals surface area contributed by atoms with Crippen molar-refractivity contribution < 1.29 is 9.18 Å². The van der Waals surface area contributed by atoms with Gasteiger partial charge in [0, 0.05) is 17.4 Å². The second-order valence-electron chi connectivity index (χ2n) is 6.24. The van der Waals surface area contributed by atoms with Gasteiger partial charge in [0.1, 0.15) is 5.82 Å². The normalized spacial score (nSPS) is 10.9. The van der Waals surface area contributed by atoms with E-state index in [1.807, 2.05) is 18.2 Å². The lowest BCUT2D eigenvalue weighted by Crippen LogP contribution is -2.20. The molecular weight excluding hydrogens is 413 g/mol. The lowest BCUT2D eigenvalue weighted by molar-refractivity contribution is -0.116. The second-order valence-corrected chi connectivity index (χ2v) is 7.16. The van der Waals surface area contributed by atoms with Crippen LogP contribution in [0.5, 0.6) is 0 Å². The molecule has 1 aromatic heterocycles. The van der Waals surface area contributed by atoms with Gasteiger partial charge in [0.15, 0.2) is 0 Å². The largest absolute Gasteiger partial charge is 0.324 e. The molecule has 1 heterocycles. The molecule has 0 bridgehead atoms. The molecule has 0 saturated carbocycles. The number of amides is 1. The highest BCUT2D eigenvalue weighted by molar-refractivity contribution is 9.10. The van der Waals surface area contributed by atoms with Crippen LogP contribution in [0.15, 0.2) is 58.1 Å². The van der Waals surface area contributed by atoms with Gasteiger partial charge in [0.2, 0.25) is 5.91 Å². The van der Waals surface area contributed by atoms with Gasteiger partial charge >= 0.3 is 0 Å². The Morgan fingerprint density at radius 3 is 2.78 bits per heavy atom. The van der Waals surface area contributed by atoms with Crippen LogP contribution in [0.25, 0.3) is 10.9 Å². The van der Waals surface area contributed by atoms with Crippen LogP contribution in [0, 0.1) is 5.82 Å². The Labute approximate surface area is 164 Å². The van der Waals surface area contributed by atoms with E-state index in [2.05, 4.69) is 26.2 Å². The van der Waals surface area contributed by atoms with Gasteiger partial charge < -0.3 is 5.32 Å². The van der Waals surface area contributed by atoms with E-state index in [-0.39, 0.29) is 17.2 Å². The van der Waals surface area contributed by atoms with E-state index < -0.39 is 5.82 Å². The number of para-hydroxylation sites is 1. The van der Waals surface area contributed by atoms with Crippen molar-refractivity contribution >= 4 is 38.4 Å². The summed E-state index contributed by atoms with van der Waals surface area (Å²) in [5, 5.41) is 3.18. The summed E-state index contributed by atoms with van der Waals surface area (Å²) in [7, 11) is 0. The number of unbranched alkanes of at least 4 members (excludes halogenated alkanes) is 2. The Kier molecular flexibility index (Phi) is 6.34. The molecule has 1 N–H and O–H groups in total. The van der Waals surface area contributed by atoms with E-state index >= 15 is 0 Å². The van der Waals surface area contributed by atoms with Crippen LogP contribution >= 0.6 is 15.9 Å². The zero-order valence-electron chi connectivity index (χ0n) is 14.6. The van der Waals surface area contributed by atoms with Crippen molar-refractivity contribution in [1.82, 2.24) is 9.55 Å². The van der Waals surface area contributed by atoms with Gasteiger partial charge in [0.05, 0.1) is 22.9 Å². The van der Waals surface area contributed by atoms with Gasteiger partial charge in [-0.1, -0.05) is 34.5 Å². The van der Waals surface area contributed by atoms with Crippen molar-refractivity contribution in [3.05, 3.63) is 69.4 Å². The number of anilines is 1. The summed E-state index contributed by atoms with van der Waals surface area (Å²) in [5.41, 5.74) is 0.816. The number of fused-ring (bicyclic) bond motifs is 1. The van der Waals surface area contributed by atoms with E-state index in [0.717, 1.165) is 12.8 Å². The fourth-order valence-corrected chi connectivity index (χ4v) is 3.15. The molecule has 7 heteroatoms. The molecule has 0 aliphatic rings. The third-order valence-electron chi connectivity index (χ3n) is 4.24. The Morgan fingerprint density at radius 2 is 1.96 bits per heavy atom. The van der Waals surface area contributed by atoms with Crippen molar-refractivity contribution in [2.24, 2.45) is 0 Å². The Morgan fingerprint density at radius 1 is 1.15 bits per heavy atom. The number of aromatic nitrogens is 2. The number of carbonyl (C=O) groups excluding carboxylic acids is 1. The number of hydrogen-bond acceptors (Lipinski definition) is 3. The molecule has 0 atom stereocenters. The van der Waals surface area contributed by atoms with Crippen molar-refractivity contribution in [3.8, 4) is 0 Å². The minimum atomic E-state index is -0.471. The molecule has 0 fully saturated rings. The number of hydrogen-bond donors (Lipinski definition) is 1. The number of rotatable bonds is 7. The zero-order chi connectivity index (χ0) is 19.2. The van der Waals surface area contributed by atoms with Crippen molar-refractivity contribution in [1.29, 1.82) is 0 Å². The molecule has 5 nitrogen and oxygen atoms in total. The van der Waals surface area contributed by atoms with E-state index in [4.69, 9.17) is 0 Å². The predicted molar refractivity (Wildman–Crippen MR) is 107 cm³/mol. The molecule has 0 aliphatic heterocycles. The molecule has 0 spiro atoms. The van der Waals surface area contributed by atoms with Crippen molar-refractivity contribution in [2.75, 3.05) is 5.32 Å². The monoisotopic (exact) mass is 431 g/mol. The van der Waals surface area contributed by atoms with Crippen LogP contribution in [0.4, 0.5) is 10.1 Å². The highest BCUT2D eigenvalue weighted by Crippen LogP contribution is 2.19. The summed E-state index contributed by atoms with van der Waals surface area (Å²) < 4.78 is 15.9. The van der Waals surface area contributed by atoms with Gasteiger partial charge in [0.25, 0.3) is 5.56 Å². The lowest BCUT2D eigenvalue weighted by Gasteiger charge is -2.08. The highest BCUT2D eigenvalue weighted by atomic mass is 79.9. The summed E-state index contributed by atoms with van der Waals surface area (Å²) in [5.74, 6) is -0.693. The Hall–Kier alpha value is -2.54. The molecule has 27 heavy (non-hydrogen) atoms. The van der Waals surface area contributed by atoms with Crippen LogP contribution in [0.3, 0.4) is 0 Å². The summed E-state index contributed by atoms with van der Waals surface area (Å²) in [6.45, 7) is 0.555. The van der Waals surface area contributed by atoms with Gasteiger partial charge in [-0.3, -0.25) is 14.2 Å². The third-order valence-corrected chi connectivity index (χ3v) is 4.73.